The van der Waals surface area contributed by atoms with E-state index in [1.54, 1.807) is 48.6 Å². The molecule has 0 unspecified atom stereocenters. The summed E-state index contributed by atoms with van der Waals surface area (Å²) < 4.78 is 0. The first-order chi connectivity index (χ1) is 10.5. The van der Waals surface area contributed by atoms with Crippen molar-refractivity contribution in [2.24, 2.45) is 0 Å². The van der Waals surface area contributed by atoms with E-state index in [1.165, 1.54) is 6.07 Å². The molecule has 0 spiro atoms. The normalized spacial score (nSPS) is 10.4. The highest BCUT2D eigenvalue weighted by Gasteiger charge is 1.95. The second kappa shape index (κ2) is 9.08. The molecule has 0 aromatic heterocycles. The molecule has 114 valence electrons. The number of phenolic OH excluding ortho intramolecular Hbond substituents is 3. The van der Waals surface area contributed by atoms with Gasteiger partial charge in [-0.05, 0) is 42.3 Å². The highest BCUT2D eigenvalue weighted by molar-refractivity contribution is 5.71. The van der Waals surface area contributed by atoms with Crippen LogP contribution in [-0.4, -0.2) is 15.3 Å². The number of hydrogen-bond donors (Lipinski definition) is 3. The van der Waals surface area contributed by atoms with Crippen molar-refractivity contribution in [1.82, 2.24) is 0 Å². The summed E-state index contributed by atoms with van der Waals surface area (Å²) in [6, 6.07) is 11.1. The van der Waals surface area contributed by atoms with Gasteiger partial charge in [-0.2, -0.15) is 0 Å². The van der Waals surface area contributed by atoms with Gasteiger partial charge in [0, 0.05) is 6.07 Å². The minimum Gasteiger partial charge on any atom is -0.508 e. The summed E-state index contributed by atoms with van der Waals surface area (Å²) >= 11 is 0. The number of hydrogen-bond acceptors (Lipinski definition) is 3. The number of allylic oxidation sites excluding steroid dienone is 3. The maximum atomic E-state index is 9.30. The smallest absolute Gasteiger partial charge is 0.119 e. The van der Waals surface area contributed by atoms with Crippen LogP contribution in [0.25, 0.3) is 12.2 Å². The third-order valence-corrected chi connectivity index (χ3v) is 2.61. The lowest BCUT2D eigenvalue weighted by Crippen LogP contribution is -1.74. The van der Waals surface area contributed by atoms with Gasteiger partial charge in [0.05, 0.1) is 0 Å². The van der Waals surface area contributed by atoms with Gasteiger partial charge in [-0.1, -0.05) is 49.1 Å². The van der Waals surface area contributed by atoms with Crippen molar-refractivity contribution in [3.05, 3.63) is 78.4 Å². The van der Waals surface area contributed by atoms with Crippen molar-refractivity contribution in [2.45, 2.75) is 6.92 Å². The van der Waals surface area contributed by atoms with Gasteiger partial charge in [0.2, 0.25) is 0 Å². The zero-order valence-electron chi connectivity index (χ0n) is 12.5. The molecule has 3 nitrogen and oxygen atoms in total. The van der Waals surface area contributed by atoms with E-state index in [4.69, 9.17) is 5.11 Å². The summed E-state index contributed by atoms with van der Waals surface area (Å²) in [7, 11) is 0. The number of phenols is 3. The molecule has 0 radical (unpaired) electrons. The monoisotopic (exact) mass is 296 g/mol. The number of benzene rings is 2. The van der Waals surface area contributed by atoms with Crippen LogP contribution in [0.15, 0.2) is 67.3 Å². The standard InChI is InChI=1S/C14H12O3.C5H8/c15-12-5-3-10(4-6-12)1-2-11-7-13(16)9-14(17)8-11;1-3-5-4-2/h1-9,15-17H;3-5H,1H2,2H3/b2-1+;5-4-. The average Bonchev–Trinajstić information content (AvgIpc) is 2.47. The molecule has 0 bridgehead atoms. The van der Waals surface area contributed by atoms with Crippen molar-refractivity contribution in [3.8, 4) is 17.2 Å². The van der Waals surface area contributed by atoms with Gasteiger partial charge in [0.1, 0.15) is 17.2 Å². The zero-order valence-corrected chi connectivity index (χ0v) is 12.5. The Bertz CT molecular complexity index is 633. The topological polar surface area (TPSA) is 60.7 Å². The molecule has 0 fully saturated rings. The lowest BCUT2D eigenvalue weighted by Gasteiger charge is -1.98. The Morgan fingerprint density at radius 2 is 1.32 bits per heavy atom. The third kappa shape index (κ3) is 6.48. The van der Waals surface area contributed by atoms with E-state index in [0.29, 0.717) is 5.56 Å². The van der Waals surface area contributed by atoms with Crippen molar-refractivity contribution in [2.75, 3.05) is 0 Å². The van der Waals surface area contributed by atoms with Crippen molar-refractivity contribution in [1.29, 1.82) is 0 Å². The summed E-state index contributed by atoms with van der Waals surface area (Å²) in [6.45, 7) is 5.42. The van der Waals surface area contributed by atoms with Crippen molar-refractivity contribution >= 4 is 12.2 Å². The Labute approximate surface area is 130 Å². The van der Waals surface area contributed by atoms with Crippen LogP contribution in [0.2, 0.25) is 0 Å². The first-order valence-electron chi connectivity index (χ1n) is 6.79. The number of aromatic hydroxyl groups is 3. The first-order valence-corrected chi connectivity index (χ1v) is 6.79. The minimum absolute atomic E-state index is 0.0235. The molecule has 2 aromatic rings. The summed E-state index contributed by atoms with van der Waals surface area (Å²) in [5.41, 5.74) is 1.63. The molecule has 0 aliphatic heterocycles. The largest absolute Gasteiger partial charge is 0.508 e. The van der Waals surface area contributed by atoms with E-state index < -0.39 is 0 Å². The highest BCUT2D eigenvalue weighted by atomic mass is 16.3. The maximum Gasteiger partial charge on any atom is 0.119 e. The van der Waals surface area contributed by atoms with Crippen LogP contribution in [-0.2, 0) is 0 Å². The van der Waals surface area contributed by atoms with Gasteiger partial charge in [0.15, 0.2) is 0 Å². The van der Waals surface area contributed by atoms with Gasteiger partial charge < -0.3 is 15.3 Å². The van der Waals surface area contributed by atoms with Crippen LogP contribution in [0.1, 0.15) is 18.1 Å². The lowest BCUT2D eigenvalue weighted by atomic mass is 10.1. The van der Waals surface area contributed by atoms with Crippen LogP contribution in [0.4, 0.5) is 0 Å². The Kier molecular flexibility index (Phi) is 7.06. The molecule has 0 saturated heterocycles. The molecule has 0 atom stereocenters. The van der Waals surface area contributed by atoms with Crippen molar-refractivity contribution in [3.63, 3.8) is 0 Å². The van der Waals surface area contributed by atoms with E-state index >= 15 is 0 Å². The van der Waals surface area contributed by atoms with Crippen LogP contribution >= 0.6 is 0 Å². The van der Waals surface area contributed by atoms with E-state index in [1.807, 2.05) is 25.2 Å². The Balaban J connectivity index is 0.000000422. The average molecular weight is 296 g/mol. The fraction of sp³-hybridized carbons (Fsp3) is 0.0526. The van der Waals surface area contributed by atoms with E-state index in [9.17, 15) is 10.2 Å². The van der Waals surface area contributed by atoms with E-state index in [-0.39, 0.29) is 17.2 Å². The summed E-state index contributed by atoms with van der Waals surface area (Å²) in [6.07, 6.45) is 9.17. The van der Waals surface area contributed by atoms with Gasteiger partial charge in [-0.25, -0.2) is 0 Å². The molecule has 0 amide bonds. The predicted octanol–water partition coefficient (Wildman–Crippen LogP) is 4.72. The molecule has 0 aliphatic carbocycles. The van der Waals surface area contributed by atoms with Crippen LogP contribution in [0.3, 0.4) is 0 Å². The summed E-state index contributed by atoms with van der Waals surface area (Å²) in [5, 5.41) is 27.7. The Hall–Kier alpha value is -2.94. The SMILES string of the molecule is C=C/C=C\C.Oc1ccc(/C=C/c2cc(O)cc(O)c2)cc1. The molecule has 0 aliphatic rings. The van der Waals surface area contributed by atoms with Gasteiger partial charge in [-0.15, -0.1) is 0 Å². The zero-order chi connectivity index (χ0) is 16.4. The lowest BCUT2D eigenvalue weighted by molar-refractivity contribution is 0.450. The molecule has 2 aromatic carbocycles. The molecule has 22 heavy (non-hydrogen) atoms. The second-order valence-corrected chi connectivity index (χ2v) is 4.47. The quantitative estimate of drug-likeness (QED) is 0.567. The molecule has 0 heterocycles. The van der Waals surface area contributed by atoms with E-state index in [0.717, 1.165) is 5.56 Å². The second-order valence-electron chi connectivity index (χ2n) is 4.47. The summed E-state index contributed by atoms with van der Waals surface area (Å²) in [4.78, 5) is 0. The fourth-order valence-electron chi connectivity index (χ4n) is 1.63. The van der Waals surface area contributed by atoms with Crippen LogP contribution in [0, 0.1) is 0 Å². The van der Waals surface area contributed by atoms with Gasteiger partial charge in [-0.3, -0.25) is 0 Å². The molecule has 3 N–H and O–H groups in total. The molecular weight excluding hydrogens is 276 g/mol. The predicted molar refractivity (Wildman–Crippen MR) is 91.8 cm³/mol. The van der Waals surface area contributed by atoms with Crippen LogP contribution in [0.5, 0.6) is 17.2 Å². The molecule has 0 saturated carbocycles. The fourth-order valence-corrected chi connectivity index (χ4v) is 1.63. The van der Waals surface area contributed by atoms with E-state index in [2.05, 4.69) is 6.58 Å². The molecular formula is C19H20O3. The van der Waals surface area contributed by atoms with Gasteiger partial charge >= 0.3 is 0 Å². The third-order valence-electron chi connectivity index (χ3n) is 2.61. The van der Waals surface area contributed by atoms with Crippen molar-refractivity contribution < 1.29 is 15.3 Å². The molecule has 3 heteroatoms. The highest BCUT2D eigenvalue weighted by Crippen LogP contribution is 2.22. The maximum absolute atomic E-state index is 9.30. The summed E-state index contributed by atoms with van der Waals surface area (Å²) in [5.74, 6) is 0.267. The molecule has 2 rings (SSSR count). The minimum atomic E-state index is 0.0235. The Morgan fingerprint density at radius 1 is 0.773 bits per heavy atom. The van der Waals surface area contributed by atoms with Gasteiger partial charge in [0.25, 0.3) is 0 Å². The first kappa shape index (κ1) is 17.1. The van der Waals surface area contributed by atoms with Crippen LogP contribution < -0.4 is 0 Å². The number of rotatable bonds is 3. The Morgan fingerprint density at radius 3 is 1.77 bits per heavy atom.